The molecular weight excluding hydrogens is 249 g/mol. The fourth-order valence-corrected chi connectivity index (χ4v) is 1.47. The molecule has 4 N–H and O–H groups in total. The van der Waals surface area contributed by atoms with Crippen LogP contribution < -0.4 is 11.3 Å². The van der Waals surface area contributed by atoms with Crippen LogP contribution in [0, 0.1) is 0 Å². The number of nitrogens with two attached hydrogens (primary N) is 1. The summed E-state index contributed by atoms with van der Waals surface area (Å²) in [6.07, 6.45) is -2.85. The van der Waals surface area contributed by atoms with Gasteiger partial charge in [-0.15, -0.1) is 0 Å². The number of nitrogens with one attached hydrogen (secondary N) is 1. The molecule has 0 radical (unpaired) electrons. The Morgan fingerprint density at radius 1 is 1.39 bits per heavy atom. The zero-order chi connectivity index (χ0) is 13.6. The van der Waals surface area contributed by atoms with Crippen LogP contribution in [0.1, 0.15) is 5.56 Å². The van der Waals surface area contributed by atoms with Gasteiger partial charge in [-0.05, 0) is 11.6 Å². The minimum Gasteiger partial charge on any atom is -0.395 e. The topological polar surface area (TPSA) is 74.4 Å². The molecule has 0 spiro atoms. The van der Waals surface area contributed by atoms with Gasteiger partial charge in [0, 0.05) is 19.3 Å². The van der Waals surface area contributed by atoms with E-state index in [9.17, 15) is 13.2 Å². The number of aliphatic hydroxyl groups excluding tert-OH is 1. The van der Waals surface area contributed by atoms with Crippen LogP contribution in [-0.2, 0) is 6.54 Å². The molecule has 1 heterocycles. The highest BCUT2D eigenvalue weighted by molar-refractivity contribution is 5.33. The van der Waals surface area contributed by atoms with Crippen LogP contribution in [0.4, 0.5) is 19.0 Å². The zero-order valence-corrected chi connectivity index (χ0v) is 9.61. The monoisotopic (exact) mass is 264 g/mol. The highest BCUT2D eigenvalue weighted by Crippen LogP contribution is 2.18. The van der Waals surface area contributed by atoms with Crippen molar-refractivity contribution in [1.29, 1.82) is 0 Å². The molecule has 0 unspecified atom stereocenters. The predicted molar refractivity (Wildman–Crippen MR) is 60.5 cm³/mol. The van der Waals surface area contributed by atoms with Crippen molar-refractivity contribution in [2.45, 2.75) is 12.7 Å². The van der Waals surface area contributed by atoms with Crippen molar-refractivity contribution in [3.63, 3.8) is 0 Å². The van der Waals surface area contributed by atoms with Gasteiger partial charge in [0.05, 0.1) is 13.2 Å². The largest absolute Gasteiger partial charge is 0.401 e. The van der Waals surface area contributed by atoms with Crippen molar-refractivity contribution in [3.05, 3.63) is 23.9 Å². The number of nitrogens with zero attached hydrogens (tertiary/aromatic N) is 2. The number of hydrazine groups is 1. The molecule has 0 fully saturated rings. The standard InChI is InChI=1S/C10H15F3N4O/c11-10(12,13)7-17(3-4-18)6-8-1-2-9(16-14)15-5-8/h1-2,5,18H,3-4,6-7,14H2,(H,15,16). The van der Waals surface area contributed by atoms with Crippen molar-refractivity contribution in [2.75, 3.05) is 25.1 Å². The van der Waals surface area contributed by atoms with Crippen LogP contribution in [0.3, 0.4) is 0 Å². The SMILES string of the molecule is NNc1ccc(CN(CCO)CC(F)(F)F)cn1. The summed E-state index contributed by atoms with van der Waals surface area (Å²) in [4.78, 5) is 5.00. The fraction of sp³-hybridized carbons (Fsp3) is 0.500. The average Bonchev–Trinajstić information content (AvgIpc) is 2.28. The molecule has 0 atom stereocenters. The molecule has 1 rings (SSSR count). The molecule has 0 saturated heterocycles. The molecule has 0 aliphatic heterocycles. The Kier molecular flexibility index (Phi) is 5.32. The van der Waals surface area contributed by atoms with Crippen LogP contribution in [0.2, 0.25) is 0 Å². The summed E-state index contributed by atoms with van der Waals surface area (Å²) < 4.78 is 36.9. The van der Waals surface area contributed by atoms with Gasteiger partial charge in [-0.2, -0.15) is 13.2 Å². The van der Waals surface area contributed by atoms with Crippen molar-refractivity contribution >= 4 is 5.82 Å². The van der Waals surface area contributed by atoms with Gasteiger partial charge in [0.2, 0.25) is 0 Å². The number of rotatable bonds is 6. The highest BCUT2D eigenvalue weighted by atomic mass is 19.4. The molecule has 5 nitrogen and oxygen atoms in total. The number of alkyl halides is 3. The van der Waals surface area contributed by atoms with E-state index in [2.05, 4.69) is 10.4 Å². The van der Waals surface area contributed by atoms with E-state index in [4.69, 9.17) is 10.9 Å². The smallest absolute Gasteiger partial charge is 0.395 e. The lowest BCUT2D eigenvalue weighted by molar-refractivity contribution is -0.147. The van der Waals surface area contributed by atoms with Crippen molar-refractivity contribution in [2.24, 2.45) is 5.84 Å². The third kappa shape index (κ3) is 5.30. The van der Waals surface area contributed by atoms with E-state index < -0.39 is 12.7 Å². The highest BCUT2D eigenvalue weighted by Gasteiger charge is 2.30. The molecule has 0 aromatic carbocycles. The minimum absolute atomic E-state index is 0.0452. The van der Waals surface area contributed by atoms with Crippen molar-refractivity contribution in [1.82, 2.24) is 9.88 Å². The predicted octanol–water partition coefficient (Wildman–Crippen LogP) is 0.724. The molecule has 0 amide bonds. The van der Waals surface area contributed by atoms with Gasteiger partial charge in [0.15, 0.2) is 0 Å². The first-order chi connectivity index (χ1) is 8.44. The Balaban J connectivity index is 2.64. The number of anilines is 1. The summed E-state index contributed by atoms with van der Waals surface area (Å²) >= 11 is 0. The Hall–Kier alpha value is -1.38. The maximum absolute atomic E-state index is 12.3. The van der Waals surface area contributed by atoms with Gasteiger partial charge in [0.1, 0.15) is 5.82 Å². The first kappa shape index (κ1) is 14.7. The van der Waals surface area contributed by atoms with E-state index in [0.717, 1.165) is 4.90 Å². The summed E-state index contributed by atoms with van der Waals surface area (Å²) in [6, 6.07) is 3.20. The minimum atomic E-state index is -4.29. The van der Waals surface area contributed by atoms with E-state index in [1.807, 2.05) is 0 Å². The third-order valence-electron chi connectivity index (χ3n) is 2.20. The van der Waals surface area contributed by atoms with Crippen LogP contribution >= 0.6 is 0 Å². The summed E-state index contributed by atoms with van der Waals surface area (Å²) in [5, 5.41) is 8.74. The third-order valence-corrected chi connectivity index (χ3v) is 2.20. The number of aliphatic hydroxyl groups is 1. The van der Waals surface area contributed by atoms with Gasteiger partial charge in [-0.1, -0.05) is 6.07 Å². The van der Waals surface area contributed by atoms with E-state index >= 15 is 0 Å². The second kappa shape index (κ2) is 6.53. The Labute approximate surface area is 102 Å². The van der Waals surface area contributed by atoms with Crippen molar-refractivity contribution in [3.8, 4) is 0 Å². The Morgan fingerprint density at radius 3 is 2.56 bits per heavy atom. The lowest BCUT2D eigenvalue weighted by Crippen LogP contribution is -2.35. The quantitative estimate of drug-likeness (QED) is 0.521. The molecule has 102 valence electrons. The molecule has 0 aliphatic carbocycles. The second-order valence-corrected chi connectivity index (χ2v) is 3.75. The first-order valence-electron chi connectivity index (χ1n) is 5.26. The van der Waals surface area contributed by atoms with Gasteiger partial charge in [-0.3, -0.25) is 4.90 Å². The van der Waals surface area contributed by atoms with E-state index in [0.29, 0.717) is 11.4 Å². The number of halogens is 3. The average molecular weight is 264 g/mol. The van der Waals surface area contributed by atoms with Crippen LogP contribution in [0.25, 0.3) is 0 Å². The summed E-state index contributed by atoms with van der Waals surface area (Å²) in [5.74, 6) is 5.56. The number of pyridine rings is 1. The Morgan fingerprint density at radius 2 is 2.11 bits per heavy atom. The molecule has 0 aliphatic rings. The van der Waals surface area contributed by atoms with E-state index in [-0.39, 0.29) is 19.7 Å². The molecule has 0 saturated carbocycles. The lowest BCUT2D eigenvalue weighted by Gasteiger charge is -2.22. The maximum Gasteiger partial charge on any atom is 0.401 e. The summed E-state index contributed by atoms with van der Waals surface area (Å²) in [7, 11) is 0. The molecular formula is C10H15F3N4O. The van der Waals surface area contributed by atoms with Gasteiger partial charge in [0.25, 0.3) is 0 Å². The molecule has 18 heavy (non-hydrogen) atoms. The van der Waals surface area contributed by atoms with Crippen LogP contribution in [0.15, 0.2) is 18.3 Å². The Bertz CT molecular complexity index is 355. The normalized spacial score (nSPS) is 11.9. The summed E-state index contributed by atoms with van der Waals surface area (Å²) in [6.45, 7) is -1.37. The van der Waals surface area contributed by atoms with Gasteiger partial charge < -0.3 is 10.5 Å². The van der Waals surface area contributed by atoms with E-state index in [1.54, 1.807) is 12.1 Å². The first-order valence-corrected chi connectivity index (χ1v) is 5.26. The molecule has 1 aromatic rings. The molecule has 8 heteroatoms. The van der Waals surface area contributed by atoms with Crippen LogP contribution in [0.5, 0.6) is 0 Å². The number of hydrogen-bond acceptors (Lipinski definition) is 5. The van der Waals surface area contributed by atoms with Gasteiger partial charge >= 0.3 is 6.18 Å². The number of nitrogen functional groups attached to an aromatic ring is 1. The zero-order valence-electron chi connectivity index (χ0n) is 9.61. The lowest BCUT2D eigenvalue weighted by atomic mass is 10.2. The molecule has 0 bridgehead atoms. The number of hydrogen-bond donors (Lipinski definition) is 3. The van der Waals surface area contributed by atoms with Crippen LogP contribution in [-0.4, -0.2) is 40.9 Å². The van der Waals surface area contributed by atoms with E-state index in [1.165, 1.54) is 6.20 Å². The molecule has 1 aromatic heterocycles. The van der Waals surface area contributed by atoms with Crippen molar-refractivity contribution < 1.29 is 18.3 Å². The second-order valence-electron chi connectivity index (χ2n) is 3.75. The fourth-order valence-electron chi connectivity index (χ4n) is 1.47. The summed E-state index contributed by atoms with van der Waals surface area (Å²) in [5.41, 5.74) is 2.94. The number of aromatic nitrogens is 1. The maximum atomic E-state index is 12.3. The van der Waals surface area contributed by atoms with Gasteiger partial charge in [-0.25, -0.2) is 10.8 Å².